The van der Waals surface area contributed by atoms with Gasteiger partial charge in [0.1, 0.15) is 0 Å². The third kappa shape index (κ3) is 4.05. The van der Waals surface area contributed by atoms with Crippen LogP contribution in [0.5, 0.6) is 0 Å². The lowest BCUT2D eigenvalue weighted by atomic mass is 9.97. The third-order valence-corrected chi connectivity index (χ3v) is 3.51. The van der Waals surface area contributed by atoms with Gasteiger partial charge in [-0.2, -0.15) is 12.6 Å². The number of aryl methyl sites for hydroxylation is 3. The van der Waals surface area contributed by atoms with E-state index < -0.39 is 0 Å². The molecule has 0 radical (unpaired) electrons. The number of carbonyl (C=O) groups is 1. The normalized spacial score (nSPS) is 10.5. The SMILES string of the molecule is Cc1cc(C)c(CCN(C)C(=O)CCS)c(C)c1. The van der Waals surface area contributed by atoms with Crippen LogP contribution in [0.1, 0.15) is 28.7 Å². The first kappa shape index (κ1) is 15.1. The average Bonchev–Trinajstić information content (AvgIpc) is 2.27. The Kier molecular flexibility index (Phi) is 5.73. The van der Waals surface area contributed by atoms with E-state index in [9.17, 15) is 4.79 Å². The van der Waals surface area contributed by atoms with Gasteiger partial charge < -0.3 is 4.90 Å². The summed E-state index contributed by atoms with van der Waals surface area (Å²) in [6.07, 6.45) is 1.44. The highest BCUT2D eigenvalue weighted by Crippen LogP contribution is 2.17. The van der Waals surface area contributed by atoms with Crippen molar-refractivity contribution < 1.29 is 4.79 Å². The maximum atomic E-state index is 11.7. The molecule has 0 aliphatic carbocycles. The van der Waals surface area contributed by atoms with Gasteiger partial charge in [-0.05, 0) is 49.6 Å². The molecule has 0 aromatic heterocycles. The molecule has 0 aliphatic rings. The van der Waals surface area contributed by atoms with Crippen LogP contribution in [0.2, 0.25) is 0 Å². The second-order valence-corrected chi connectivity index (χ2v) is 5.36. The number of hydrogen-bond acceptors (Lipinski definition) is 2. The largest absolute Gasteiger partial charge is 0.345 e. The highest BCUT2D eigenvalue weighted by atomic mass is 32.1. The maximum absolute atomic E-state index is 11.7. The molecule has 0 N–H and O–H groups in total. The molecule has 3 heteroatoms. The predicted molar refractivity (Wildman–Crippen MR) is 80.5 cm³/mol. The highest BCUT2D eigenvalue weighted by Gasteiger charge is 2.09. The molecule has 2 nitrogen and oxygen atoms in total. The summed E-state index contributed by atoms with van der Waals surface area (Å²) >= 11 is 4.09. The van der Waals surface area contributed by atoms with Crippen molar-refractivity contribution in [1.29, 1.82) is 0 Å². The van der Waals surface area contributed by atoms with Crippen LogP contribution in [0, 0.1) is 20.8 Å². The first-order valence-electron chi connectivity index (χ1n) is 6.37. The number of thiol groups is 1. The van der Waals surface area contributed by atoms with Crippen LogP contribution in [-0.2, 0) is 11.2 Å². The Hall–Kier alpha value is -0.960. The van der Waals surface area contributed by atoms with Crippen LogP contribution in [0.15, 0.2) is 12.1 Å². The Morgan fingerprint density at radius 2 is 1.78 bits per heavy atom. The Labute approximate surface area is 116 Å². The minimum atomic E-state index is 0.174. The second-order valence-electron chi connectivity index (χ2n) is 4.92. The molecular weight excluding hydrogens is 242 g/mol. The first-order chi connectivity index (χ1) is 8.45. The number of rotatable bonds is 5. The van der Waals surface area contributed by atoms with E-state index in [0.29, 0.717) is 12.2 Å². The van der Waals surface area contributed by atoms with E-state index in [1.807, 2.05) is 7.05 Å². The van der Waals surface area contributed by atoms with E-state index >= 15 is 0 Å². The van der Waals surface area contributed by atoms with Crippen LogP contribution < -0.4 is 0 Å². The Bertz CT molecular complexity index is 405. The topological polar surface area (TPSA) is 20.3 Å². The number of amides is 1. The van der Waals surface area contributed by atoms with Gasteiger partial charge >= 0.3 is 0 Å². The number of benzene rings is 1. The van der Waals surface area contributed by atoms with Crippen molar-refractivity contribution in [3.05, 3.63) is 34.4 Å². The van der Waals surface area contributed by atoms with Gasteiger partial charge in [0.15, 0.2) is 0 Å². The fraction of sp³-hybridized carbons (Fsp3) is 0.533. The summed E-state index contributed by atoms with van der Waals surface area (Å²) in [5.41, 5.74) is 5.31. The molecule has 1 aromatic carbocycles. The standard InChI is InChI=1S/C15H23NOS/c1-11-9-12(2)14(13(3)10-11)5-7-16(4)15(17)6-8-18/h9-10,18H,5-8H2,1-4H3. The van der Waals surface area contributed by atoms with Gasteiger partial charge in [0.25, 0.3) is 0 Å². The van der Waals surface area contributed by atoms with E-state index in [-0.39, 0.29) is 5.91 Å². The summed E-state index contributed by atoms with van der Waals surface area (Å²) in [7, 11) is 1.87. The van der Waals surface area contributed by atoms with Crippen molar-refractivity contribution in [2.24, 2.45) is 0 Å². The maximum Gasteiger partial charge on any atom is 0.223 e. The number of hydrogen-bond donors (Lipinski definition) is 1. The molecule has 0 fully saturated rings. The van der Waals surface area contributed by atoms with Crippen molar-refractivity contribution in [2.45, 2.75) is 33.6 Å². The van der Waals surface area contributed by atoms with Crippen LogP contribution >= 0.6 is 12.6 Å². The van der Waals surface area contributed by atoms with E-state index in [4.69, 9.17) is 0 Å². The molecule has 0 aliphatic heterocycles. The van der Waals surface area contributed by atoms with Gasteiger partial charge in [-0.25, -0.2) is 0 Å². The first-order valence-corrected chi connectivity index (χ1v) is 7.00. The van der Waals surface area contributed by atoms with Gasteiger partial charge in [0.2, 0.25) is 5.91 Å². The molecule has 0 heterocycles. The minimum absolute atomic E-state index is 0.174. The highest BCUT2D eigenvalue weighted by molar-refractivity contribution is 7.80. The molecule has 0 spiro atoms. The number of nitrogens with zero attached hydrogens (tertiary/aromatic N) is 1. The summed E-state index contributed by atoms with van der Waals surface area (Å²) in [6, 6.07) is 4.41. The zero-order chi connectivity index (χ0) is 13.7. The molecule has 0 bridgehead atoms. The summed E-state index contributed by atoms with van der Waals surface area (Å²) in [5, 5.41) is 0. The predicted octanol–water partition coefficient (Wildman–Crippen LogP) is 2.93. The van der Waals surface area contributed by atoms with Gasteiger partial charge in [-0.15, -0.1) is 0 Å². The minimum Gasteiger partial charge on any atom is -0.345 e. The number of likely N-dealkylation sites (N-methyl/N-ethyl adjacent to an activating group) is 1. The zero-order valence-corrected chi connectivity index (χ0v) is 12.7. The summed E-state index contributed by atoms with van der Waals surface area (Å²) in [4.78, 5) is 13.5. The van der Waals surface area contributed by atoms with Crippen molar-refractivity contribution >= 4 is 18.5 Å². The monoisotopic (exact) mass is 265 g/mol. The fourth-order valence-electron chi connectivity index (χ4n) is 2.29. The lowest BCUT2D eigenvalue weighted by Crippen LogP contribution is -2.29. The van der Waals surface area contributed by atoms with Crippen LogP contribution in [0.3, 0.4) is 0 Å². The lowest BCUT2D eigenvalue weighted by molar-refractivity contribution is -0.129. The van der Waals surface area contributed by atoms with Crippen LogP contribution in [0.4, 0.5) is 0 Å². The van der Waals surface area contributed by atoms with Gasteiger partial charge in [0.05, 0.1) is 0 Å². The molecule has 0 atom stereocenters. The lowest BCUT2D eigenvalue weighted by Gasteiger charge is -2.18. The fourth-order valence-corrected chi connectivity index (χ4v) is 2.49. The second kappa shape index (κ2) is 6.83. The van der Waals surface area contributed by atoms with Crippen LogP contribution in [-0.4, -0.2) is 30.2 Å². The van der Waals surface area contributed by atoms with Crippen molar-refractivity contribution in [3.8, 4) is 0 Å². The molecule has 1 aromatic rings. The molecule has 0 unspecified atom stereocenters. The molecule has 0 saturated heterocycles. The summed E-state index contributed by atoms with van der Waals surface area (Å²) in [6.45, 7) is 7.18. The summed E-state index contributed by atoms with van der Waals surface area (Å²) < 4.78 is 0. The van der Waals surface area contributed by atoms with Gasteiger partial charge in [-0.1, -0.05) is 17.7 Å². The third-order valence-electron chi connectivity index (χ3n) is 3.29. The Morgan fingerprint density at radius 1 is 1.22 bits per heavy atom. The molecule has 0 saturated carbocycles. The molecule has 1 rings (SSSR count). The van der Waals surface area contributed by atoms with E-state index in [0.717, 1.165) is 13.0 Å². The van der Waals surface area contributed by atoms with E-state index in [1.54, 1.807) is 4.90 Å². The quantitative estimate of drug-likeness (QED) is 0.812. The van der Waals surface area contributed by atoms with Gasteiger partial charge in [0, 0.05) is 20.0 Å². The number of carbonyl (C=O) groups excluding carboxylic acids is 1. The average molecular weight is 265 g/mol. The van der Waals surface area contributed by atoms with Gasteiger partial charge in [-0.3, -0.25) is 4.79 Å². The summed E-state index contributed by atoms with van der Waals surface area (Å²) in [5.74, 6) is 0.790. The van der Waals surface area contributed by atoms with Crippen molar-refractivity contribution in [1.82, 2.24) is 4.90 Å². The van der Waals surface area contributed by atoms with Crippen LogP contribution in [0.25, 0.3) is 0 Å². The zero-order valence-electron chi connectivity index (χ0n) is 11.8. The van der Waals surface area contributed by atoms with E-state index in [2.05, 4.69) is 45.5 Å². The molecule has 100 valence electrons. The molecular formula is C15H23NOS. The smallest absolute Gasteiger partial charge is 0.223 e. The molecule has 1 amide bonds. The molecule has 18 heavy (non-hydrogen) atoms. The van der Waals surface area contributed by atoms with E-state index in [1.165, 1.54) is 22.3 Å². The van der Waals surface area contributed by atoms with Crippen molar-refractivity contribution in [3.63, 3.8) is 0 Å². The Balaban J connectivity index is 2.66. The van der Waals surface area contributed by atoms with Crippen molar-refractivity contribution in [2.75, 3.05) is 19.3 Å². The Morgan fingerprint density at radius 3 is 2.28 bits per heavy atom.